The van der Waals surface area contributed by atoms with Gasteiger partial charge in [0.1, 0.15) is 11.5 Å². The average Bonchev–Trinajstić information content (AvgIpc) is 2.02. The van der Waals surface area contributed by atoms with Crippen LogP contribution in [0.25, 0.3) is 10.4 Å². The molecule has 1 radical (unpaired) electrons. The lowest BCUT2D eigenvalue weighted by atomic mass is 9.86. The van der Waals surface area contributed by atoms with Crippen molar-refractivity contribution in [2.75, 3.05) is 6.54 Å². The van der Waals surface area contributed by atoms with Crippen molar-refractivity contribution < 1.29 is 8.78 Å². The van der Waals surface area contributed by atoms with Crippen LogP contribution in [0.5, 0.6) is 0 Å². The van der Waals surface area contributed by atoms with Gasteiger partial charge in [-0.15, -0.1) is 0 Å². The largest absolute Gasteiger partial charge is 0.239 e. The second kappa shape index (κ2) is 3.58. The molecule has 0 N–H and O–H groups in total. The van der Waals surface area contributed by atoms with Crippen LogP contribution in [0.3, 0.4) is 0 Å². The summed E-state index contributed by atoms with van der Waals surface area (Å²) in [4.78, 5) is 2.44. The highest BCUT2D eigenvalue weighted by Gasteiger charge is 2.36. The van der Waals surface area contributed by atoms with Gasteiger partial charge in [0.2, 0.25) is 0 Å². The molecule has 0 aromatic heterocycles. The Labute approximate surface area is 74.4 Å². The third kappa shape index (κ3) is 2.06. The standard InChI is InChI=1S/C8H8F2N3/c1-8(10)4-2-3-7(9)6(8)5-12-13-11/h2-4,6H,1,5H2. The summed E-state index contributed by atoms with van der Waals surface area (Å²) in [6, 6.07) is 0. The Morgan fingerprint density at radius 2 is 2.46 bits per heavy atom. The van der Waals surface area contributed by atoms with Crippen LogP contribution in [0.1, 0.15) is 0 Å². The third-order valence-corrected chi connectivity index (χ3v) is 1.87. The summed E-state index contributed by atoms with van der Waals surface area (Å²) in [6.45, 7) is 2.94. The highest BCUT2D eigenvalue weighted by Crippen LogP contribution is 2.33. The molecule has 3 nitrogen and oxygen atoms in total. The molecule has 0 heterocycles. The number of nitrogens with zero attached hydrogens (tertiary/aromatic N) is 3. The molecule has 0 spiro atoms. The molecule has 69 valence electrons. The van der Waals surface area contributed by atoms with Crippen LogP contribution in [-0.2, 0) is 0 Å². The van der Waals surface area contributed by atoms with Gasteiger partial charge in [-0.05, 0) is 24.6 Å². The molecule has 0 saturated heterocycles. The Kier molecular flexibility index (Phi) is 2.68. The monoisotopic (exact) mass is 184 g/mol. The quantitative estimate of drug-likeness (QED) is 0.360. The van der Waals surface area contributed by atoms with Gasteiger partial charge >= 0.3 is 0 Å². The molecule has 0 amide bonds. The minimum atomic E-state index is -2.02. The summed E-state index contributed by atoms with van der Waals surface area (Å²) < 4.78 is 26.5. The normalized spacial score (nSPS) is 32.2. The Hall–Kier alpha value is -1.35. The second-order valence-corrected chi connectivity index (χ2v) is 2.80. The molecule has 2 unspecified atom stereocenters. The van der Waals surface area contributed by atoms with Crippen LogP contribution in [0.2, 0.25) is 0 Å². The van der Waals surface area contributed by atoms with Crippen molar-refractivity contribution in [2.45, 2.75) is 5.67 Å². The van der Waals surface area contributed by atoms with E-state index in [0.29, 0.717) is 0 Å². The molecule has 1 rings (SSSR count). The number of hydrogen-bond acceptors (Lipinski definition) is 1. The molecular weight excluding hydrogens is 176 g/mol. The average molecular weight is 184 g/mol. The maximum atomic E-state index is 13.4. The zero-order chi connectivity index (χ0) is 9.90. The number of hydrogen-bond donors (Lipinski definition) is 0. The molecule has 1 aliphatic rings. The van der Waals surface area contributed by atoms with E-state index >= 15 is 0 Å². The topological polar surface area (TPSA) is 48.8 Å². The van der Waals surface area contributed by atoms with Gasteiger partial charge in [0.05, 0.1) is 5.92 Å². The molecule has 0 bridgehead atoms. The molecule has 2 atom stereocenters. The number of azide groups is 1. The Morgan fingerprint density at radius 3 is 3.00 bits per heavy atom. The summed E-state index contributed by atoms with van der Waals surface area (Å²) in [5.74, 6) is -1.75. The van der Waals surface area contributed by atoms with E-state index in [2.05, 4.69) is 16.9 Å². The van der Waals surface area contributed by atoms with Crippen molar-refractivity contribution in [3.8, 4) is 0 Å². The van der Waals surface area contributed by atoms with Crippen LogP contribution in [0.4, 0.5) is 8.78 Å². The van der Waals surface area contributed by atoms with E-state index in [4.69, 9.17) is 5.53 Å². The van der Waals surface area contributed by atoms with Gasteiger partial charge < -0.3 is 0 Å². The van der Waals surface area contributed by atoms with E-state index < -0.39 is 17.4 Å². The minimum absolute atomic E-state index is 0.261. The van der Waals surface area contributed by atoms with Crippen molar-refractivity contribution in [1.29, 1.82) is 0 Å². The summed E-state index contributed by atoms with van der Waals surface area (Å²) >= 11 is 0. The molecular formula is C8H8F2N3. The SMILES string of the molecule is [CH2]C1(F)C=CC=C(F)C1CN=[N+]=[N-]. The van der Waals surface area contributed by atoms with Crippen molar-refractivity contribution >= 4 is 0 Å². The highest BCUT2D eigenvalue weighted by molar-refractivity contribution is 5.27. The predicted molar refractivity (Wildman–Crippen MR) is 45.0 cm³/mol. The lowest BCUT2D eigenvalue weighted by Crippen LogP contribution is -2.32. The summed E-state index contributed by atoms with van der Waals surface area (Å²) in [5.41, 5.74) is 5.99. The van der Waals surface area contributed by atoms with Crippen LogP contribution in [-0.4, -0.2) is 12.2 Å². The fraction of sp³-hybridized carbons (Fsp3) is 0.375. The van der Waals surface area contributed by atoms with Crippen LogP contribution in [0.15, 0.2) is 29.2 Å². The number of halogens is 2. The highest BCUT2D eigenvalue weighted by atomic mass is 19.1. The van der Waals surface area contributed by atoms with Crippen molar-refractivity contribution in [3.05, 3.63) is 41.4 Å². The first-order valence-corrected chi connectivity index (χ1v) is 3.68. The van der Waals surface area contributed by atoms with Gasteiger partial charge in [-0.25, -0.2) is 8.78 Å². The van der Waals surface area contributed by atoms with Gasteiger partial charge in [0.15, 0.2) is 0 Å². The van der Waals surface area contributed by atoms with Gasteiger partial charge in [0.25, 0.3) is 0 Å². The molecule has 0 fully saturated rings. The van der Waals surface area contributed by atoms with Gasteiger partial charge in [-0.2, -0.15) is 0 Å². The maximum Gasteiger partial charge on any atom is 0.138 e. The first kappa shape index (κ1) is 9.74. The fourth-order valence-electron chi connectivity index (χ4n) is 1.12. The van der Waals surface area contributed by atoms with E-state index in [9.17, 15) is 8.78 Å². The Balaban J connectivity index is 2.85. The number of rotatable bonds is 2. The first-order valence-electron chi connectivity index (χ1n) is 3.68. The Morgan fingerprint density at radius 1 is 1.77 bits per heavy atom. The van der Waals surface area contributed by atoms with Crippen molar-refractivity contribution in [1.82, 2.24) is 0 Å². The van der Waals surface area contributed by atoms with E-state index in [0.717, 1.165) is 12.2 Å². The summed E-state index contributed by atoms with van der Waals surface area (Å²) in [6.07, 6.45) is 3.54. The lowest BCUT2D eigenvalue weighted by molar-refractivity contribution is 0.195. The van der Waals surface area contributed by atoms with Crippen molar-refractivity contribution in [3.63, 3.8) is 0 Å². The maximum absolute atomic E-state index is 13.4. The molecule has 13 heavy (non-hydrogen) atoms. The zero-order valence-corrected chi connectivity index (χ0v) is 6.82. The first-order chi connectivity index (χ1) is 6.08. The van der Waals surface area contributed by atoms with Crippen molar-refractivity contribution in [2.24, 2.45) is 11.0 Å². The molecule has 0 aromatic carbocycles. The van der Waals surface area contributed by atoms with E-state index in [-0.39, 0.29) is 6.54 Å². The second-order valence-electron chi connectivity index (χ2n) is 2.80. The summed E-state index contributed by atoms with van der Waals surface area (Å²) in [5, 5.41) is 3.13. The van der Waals surface area contributed by atoms with Crippen LogP contribution >= 0.6 is 0 Å². The molecule has 0 saturated carbocycles. The Bertz CT molecular complexity index is 301. The molecule has 0 aliphatic heterocycles. The fourth-order valence-corrected chi connectivity index (χ4v) is 1.12. The molecule has 1 aliphatic carbocycles. The van der Waals surface area contributed by atoms with E-state index in [1.807, 2.05) is 0 Å². The van der Waals surface area contributed by atoms with Crippen LogP contribution in [0, 0.1) is 12.8 Å². The third-order valence-electron chi connectivity index (χ3n) is 1.87. The zero-order valence-electron chi connectivity index (χ0n) is 6.82. The smallest absolute Gasteiger partial charge is 0.138 e. The molecule has 5 heteroatoms. The van der Waals surface area contributed by atoms with Gasteiger partial charge in [-0.1, -0.05) is 11.2 Å². The van der Waals surface area contributed by atoms with Gasteiger partial charge in [-0.3, -0.25) is 0 Å². The van der Waals surface area contributed by atoms with Gasteiger partial charge in [0, 0.05) is 11.5 Å². The lowest BCUT2D eigenvalue weighted by Gasteiger charge is -2.27. The van der Waals surface area contributed by atoms with E-state index in [1.54, 1.807) is 0 Å². The number of allylic oxidation sites excluding steroid dienone is 3. The van der Waals surface area contributed by atoms with E-state index in [1.165, 1.54) is 6.08 Å². The summed E-state index contributed by atoms with van der Waals surface area (Å²) in [7, 11) is 0. The number of alkyl halides is 1. The minimum Gasteiger partial charge on any atom is -0.239 e. The molecule has 0 aromatic rings. The van der Waals surface area contributed by atoms with Crippen LogP contribution < -0.4 is 0 Å². The predicted octanol–water partition coefficient (Wildman–Crippen LogP) is 2.88.